The Labute approximate surface area is 147 Å². The maximum absolute atomic E-state index is 12.0. The van der Waals surface area contributed by atoms with Crippen molar-refractivity contribution in [2.75, 3.05) is 0 Å². The SMILES string of the molecule is C[C@H](Oc1ccc([N+](=O)[O-])cc1Cl)C(=O)NNC(=O)c1ccccc1. The molecule has 0 spiro atoms. The summed E-state index contributed by atoms with van der Waals surface area (Å²) in [6, 6.07) is 12.0. The van der Waals surface area contributed by atoms with E-state index in [0.29, 0.717) is 5.56 Å². The fraction of sp³-hybridized carbons (Fsp3) is 0.125. The lowest BCUT2D eigenvalue weighted by Gasteiger charge is -2.16. The number of amides is 2. The van der Waals surface area contributed by atoms with Crippen molar-refractivity contribution in [3.63, 3.8) is 0 Å². The van der Waals surface area contributed by atoms with Gasteiger partial charge in [-0.15, -0.1) is 0 Å². The normalized spacial score (nSPS) is 11.3. The molecule has 2 N–H and O–H groups in total. The first-order valence-corrected chi connectivity index (χ1v) is 7.52. The Hall–Kier alpha value is -3.13. The van der Waals surface area contributed by atoms with Crippen LogP contribution in [0.2, 0.25) is 5.02 Å². The minimum absolute atomic E-state index is 0.00201. The zero-order valence-corrected chi connectivity index (χ0v) is 13.8. The molecule has 0 radical (unpaired) electrons. The van der Waals surface area contributed by atoms with E-state index in [1.165, 1.54) is 19.1 Å². The fourth-order valence-corrected chi connectivity index (χ4v) is 2.04. The van der Waals surface area contributed by atoms with E-state index in [-0.39, 0.29) is 16.5 Å². The second kappa shape index (κ2) is 8.11. The van der Waals surface area contributed by atoms with Crippen LogP contribution in [0.4, 0.5) is 5.69 Å². The maximum atomic E-state index is 12.0. The topological polar surface area (TPSA) is 111 Å². The number of hydrogen-bond acceptors (Lipinski definition) is 5. The first kappa shape index (κ1) is 18.2. The average Bonchev–Trinajstić information content (AvgIpc) is 2.61. The second-order valence-electron chi connectivity index (χ2n) is 4.94. The molecule has 0 aliphatic heterocycles. The lowest BCUT2D eigenvalue weighted by Crippen LogP contribution is -2.47. The summed E-state index contributed by atoms with van der Waals surface area (Å²) < 4.78 is 5.36. The van der Waals surface area contributed by atoms with E-state index < -0.39 is 22.8 Å². The van der Waals surface area contributed by atoms with Gasteiger partial charge in [-0.3, -0.25) is 30.6 Å². The molecule has 0 aliphatic carbocycles. The molecule has 2 amide bonds. The van der Waals surface area contributed by atoms with Gasteiger partial charge in [-0.25, -0.2) is 0 Å². The molecule has 0 saturated carbocycles. The van der Waals surface area contributed by atoms with Gasteiger partial charge in [-0.2, -0.15) is 0 Å². The van der Waals surface area contributed by atoms with E-state index in [9.17, 15) is 19.7 Å². The molecular formula is C16H14ClN3O5. The third kappa shape index (κ3) is 4.92. The van der Waals surface area contributed by atoms with Crippen LogP contribution < -0.4 is 15.6 Å². The van der Waals surface area contributed by atoms with Gasteiger partial charge in [0, 0.05) is 17.7 Å². The third-order valence-electron chi connectivity index (χ3n) is 3.13. The monoisotopic (exact) mass is 363 g/mol. The highest BCUT2D eigenvalue weighted by Gasteiger charge is 2.18. The highest BCUT2D eigenvalue weighted by atomic mass is 35.5. The Morgan fingerprint density at radius 1 is 1.16 bits per heavy atom. The van der Waals surface area contributed by atoms with Crippen LogP contribution in [-0.4, -0.2) is 22.8 Å². The quantitative estimate of drug-likeness (QED) is 0.626. The molecule has 130 valence electrons. The van der Waals surface area contributed by atoms with E-state index in [1.807, 2.05) is 0 Å². The lowest BCUT2D eigenvalue weighted by atomic mass is 10.2. The Bertz CT molecular complexity index is 798. The van der Waals surface area contributed by atoms with E-state index >= 15 is 0 Å². The van der Waals surface area contributed by atoms with Crippen molar-refractivity contribution in [1.82, 2.24) is 10.9 Å². The summed E-state index contributed by atoms with van der Waals surface area (Å²) >= 11 is 5.90. The van der Waals surface area contributed by atoms with Gasteiger partial charge in [0.2, 0.25) is 0 Å². The molecule has 2 aromatic carbocycles. The first-order valence-electron chi connectivity index (χ1n) is 7.14. The number of benzene rings is 2. The minimum Gasteiger partial charge on any atom is -0.479 e. The summed E-state index contributed by atoms with van der Waals surface area (Å²) in [5.74, 6) is -0.975. The molecule has 1 atom stereocenters. The summed E-state index contributed by atoms with van der Waals surface area (Å²) in [5, 5.41) is 10.7. The van der Waals surface area contributed by atoms with Gasteiger partial charge in [0.15, 0.2) is 6.10 Å². The number of rotatable bonds is 5. The van der Waals surface area contributed by atoms with Crippen molar-refractivity contribution in [3.8, 4) is 5.75 Å². The first-order chi connectivity index (χ1) is 11.9. The number of nitro benzene ring substituents is 1. The summed E-state index contributed by atoms with van der Waals surface area (Å²) in [6.45, 7) is 1.45. The fourth-order valence-electron chi connectivity index (χ4n) is 1.82. The number of hydrogen-bond donors (Lipinski definition) is 2. The molecule has 0 aromatic heterocycles. The Morgan fingerprint density at radius 2 is 1.84 bits per heavy atom. The summed E-state index contributed by atoms with van der Waals surface area (Å²) in [4.78, 5) is 33.9. The maximum Gasteiger partial charge on any atom is 0.279 e. The molecular weight excluding hydrogens is 350 g/mol. The summed E-state index contributed by atoms with van der Waals surface area (Å²) in [7, 11) is 0. The number of carbonyl (C=O) groups excluding carboxylic acids is 2. The zero-order valence-electron chi connectivity index (χ0n) is 13.1. The highest BCUT2D eigenvalue weighted by Crippen LogP contribution is 2.29. The Balaban J connectivity index is 1.92. The van der Waals surface area contributed by atoms with Crippen LogP contribution in [0.25, 0.3) is 0 Å². The molecule has 0 aliphatic rings. The van der Waals surface area contributed by atoms with Gasteiger partial charge < -0.3 is 4.74 Å². The standard InChI is InChI=1S/C16H14ClN3O5/c1-10(25-14-8-7-12(20(23)24)9-13(14)17)15(21)18-19-16(22)11-5-3-2-4-6-11/h2-10H,1H3,(H,18,21)(H,19,22)/t10-/m0/s1. The van der Waals surface area contributed by atoms with Crippen LogP contribution in [0.1, 0.15) is 17.3 Å². The molecule has 2 rings (SSSR count). The molecule has 0 heterocycles. The van der Waals surface area contributed by atoms with E-state index in [2.05, 4.69) is 10.9 Å². The van der Waals surface area contributed by atoms with Crippen LogP contribution in [0.5, 0.6) is 5.75 Å². The number of carbonyl (C=O) groups is 2. The number of hydrazine groups is 1. The van der Waals surface area contributed by atoms with Crippen LogP contribution in [0, 0.1) is 10.1 Å². The minimum atomic E-state index is -0.991. The van der Waals surface area contributed by atoms with E-state index in [0.717, 1.165) is 6.07 Å². The van der Waals surface area contributed by atoms with E-state index in [4.69, 9.17) is 16.3 Å². The molecule has 0 unspecified atom stereocenters. The van der Waals surface area contributed by atoms with Crippen LogP contribution in [0.15, 0.2) is 48.5 Å². The zero-order chi connectivity index (χ0) is 18.4. The van der Waals surface area contributed by atoms with Crippen molar-refractivity contribution in [2.24, 2.45) is 0 Å². The van der Waals surface area contributed by atoms with Gasteiger partial charge in [0.05, 0.1) is 9.95 Å². The summed E-state index contributed by atoms with van der Waals surface area (Å²) in [6.07, 6.45) is -0.991. The molecule has 25 heavy (non-hydrogen) atoms. The largest absolute Gasteiger partial charge is 0.479 e. The number of non-ortho nitro benzene ring substituents is 1. The van der Waals surface area contributed by atoms with Crippen molar-refractivity contribution in [3.05, 3.63) is 69.2 Å². The smallest absolute Gasteiger partial charge is 0.279 e. The van der Waals surface area contributed by atoms with Crippen molar-refractivity contribution in [2.45, 2.75) is 13.0 Å². The van der Waals surface area contributed by atoms with Gasteiger partial charge in [-0.1, -0.05) is 29.8 Å². The summed E-state index contributed by atoms with van der Waals surface area (Å²) in [5.41, 5.74) is 4.69. The number of nitrogens with one attached hydrogen (secondary N) is 2. The molecule has 0 bridgehead atoms. The lowest BCUT2D eigenvalue weighted by molar-refractivity contribution is -0.384. The van der Waals surface area contributed by atoms with Gasteiger partial charge in [0.25, 0.3) is 17.5 Å². The number of nitro groups is 1. The second-order valence-corrected chi connectivity index (χ2v) is 5.35. The Morgan fingerprint density at radius 3 is 2.44 bits per heavy atom. The molecule has 9 heteroatoms. The van der Waals surface area contributed by atoms with Crippen molar-refractivity contribution >= 4 is 29.1 Å². The molecule has 2 aromatic rings. The average molecular weight is 364 g/mol. The van der Waals surface area contributed by atoms with Gasteiger partial charge in [0.1, 0.15) is 5.75 Å². The highest BCUT2D eigenvalue weighted by molar-refractivity contribution is 6.32. The van der Waals surface area contributed by atoms with Crippen LogP contribution in [-0.2, 0) is 4.79 Å². The number of ether oxygens (including phenoxy) is 1. The molecule has 0 saturated heterocycles. The van der Waals surface area contributed by atoms with Crippen molar-refractivity contribution < 1.29 is 19.2 Å². The third-order valence-corrected chi connectivity index (χ3v) is 3.43. The molecule has 0 fully saturated rings. The van der Waals surface area contributed by atoms with Gasteiger partial charge in [-0.05, 0) is 25.1 Å². The Kier molecular flexibility index (Phi) is 5.91. The predicted octanol–water partition coefficient (Wildman–Crippen LogP) is 2.48. The number of halogens is 1. The van der Waals surface area contributed by atoms with Crippen molar-refractivity contribution in [1.29, 1.82) is 0 Å². The van der Waals surface area contributed by atoms with Crippen LogP contribution in [0.3, 0.4) is 0 Å². The van der Waals surface area contributed by atoms with Crippen LogP contribution >= 0.6 is 11.6 Å². The number of nitrogens with zero attached hydrogens (tertiary/aromatic N) is 1. The van der Waals surface area contributed by atoms with Gasteiger partial charge >= 0.3 is 0 Å². The molecule has 8 nitrogen and oxygen atoms in total. The van der Waals surface area contributed by atoms with E-state index in [1.54, 1.807) is 30.3 Å². The predicted molar refractivity (Wildman–Crippen MR) is 90.2 cm³/mol.